The summed E-state index contributed by atoms with van der Waals surface area (Å²) < 4.78 is 7.10. The molecule has 0 radical (unpaired) electrons. The number of aromatic nitrogens is 4. The number of nitrogens with zero attached hydrogens (tertiary/aromatic N) is 5. The monoisotopic (exact) mass is 394 g/mol. The van der Waals surface area contributed by atoms with Crippen LogP contribution in [0.1, 0.15) is 38.4 Å². The lowest BCUT2D eigenvalue weighted by Crippen LogP contribution is -2.39. The molecule has 2 aromatic heterocycles. The van der Waals surface area contributed by atoms with Crippen molar-refractivity contribution in [3.8, 4) is 5.69 Å². The van der Waals surface area contributed by atoms with Crippen LogP contribution >= 0.6 is 0 Å². The van der Waals surface area contributed by atoms with Crippen LogP contribution in [0.2, 0.25) is 0 Å². The van der Waals surface area contributed by atoms with E-state index in [0.717, 1.165) is 37.2 Å². The Bertz CT molecular complexity index is 950. The van der Waals surface area contributed by atoms with Crippen molar-refractivity contribution in [3.63, 3.8) is 0 Å². The predicted octanol–water partition coefficient (Wildman–Crippen LogP) is 3.06. The van der Waals surface area contributed by atoms with Crippen molar-refractivity contribution >= 4 is 11.6 Å². The summed E-state index contributed by atoms with van der Waals surface area (Å²) in [6.07, 6.45) is 6.16. The van der Waals surface area contributed by atoms with Crippen molar-refractivity contribution in [1.29, 1.82) is 0 Å². The van der Waals surface area contributed by atoms with Gasteiger partial charge in [-0.3, -0.25) is 9.69 Å². The summed E-state index contributed by atoms with van der Waals surface area (Å²) in [6, 6.07) is 9.34. The molecule has 1 saturated heterocycles. The lowest BCUT2D eigenvalue weighted by molar-refractivity contribution is -0.120. The van der Waals surface area contributed by atoms with Gasteiger partial charge < -0.3 is 9.84 Å². The van der Waals surface area contributed by atoms with Gasteiger partial charge in [0, 0.05) is 24.5 Å². The van der Waals surface area contributed by atoms with E-state index in [1.165, 1.54) is 0 Å². The third-order valence-electron chi connectivity index (χ3n) is 4.99. The molecule has 1 N–H and O–H groups in total. The first-order chi connectivity index (χ1) is 14.1. The molecule has 1 atom stereocenters. The quantitative estimate of drug-likeness (QED) is 0.662. The van der Waals surface area contributed by atoms with Gasteiger partial charge in [0.2, 0.25) is 11.8 Å². The van der Waals surface area contributed by atoms with Crippen LogP contribution < -0.4 is 5.32 Å². The molecule has 29 heavy (non-hydrogen) atoms. The van der Waals surface area contributed by atoms with Crippen molar-refractivity contribution in [1.82, 2.24) is 24.8 Å². The SMILES string of the molecule is CC(C)Cc1nc(CN2CCC[C@H]2C(=O)Nc2cccc(-n3cccn3)c2)no1. The predicted molar refractivity (Wildman–Crippen MR) is 108 cm³/mol. The van der Waals surface area contributed by atoms with E-state index >= 15 is 0 Å². The van der Waals surface area contributed by atoms with Crippen molar-refractivity contribution in [2.24, 2.45) is 5.92 Å². The highest BCUT2D eigenvalue weighted by Crippen LogP contribution is 2.22. The summed E-state index contributed by atoms with van der Waals surface area (Å²) in [5, 5.41) is 11.4. The van der Waals surface area contributed by atoms with E-state index in [9.17, 15) is 4.79 Å². The number of nitrogens with one attached hydrogen (secondary N) is 1. The lowest BCUT2D eigenvalue weighted by Gasteiger charge is -2.22. The molecule has 3 aromatic rings. The van der Waals surface area contributed by atoms with E-state index in [1.54, 1.807) is 10.9 Å². The van der Waals surface area contributed by atoms with E-state index in [1.807, 2.05) is 36.5 Å². The average Bonchev–Trinajstić information content (AvgIpc) is 3.44. The number of rotatable bonds is 7. The van der Waals surface area contributed by atoms with Crippen LogP contribution in [0.5, 0.6) is 0 Å². The standard InChI is InChI=1S/C21H26N6O2/c1-15(2)12-20-24-19(25-29-20)14-26-10-4-8-18(26)21(28)23-16-6-3-7-17(13-16)27-11-5-9-22-27/h3,5-7,9,11,13,15,18H,4,8,10,12,14H2,1-2H3,(H,23,28)/t18-/m0/s1. The number of hydrogen-bond acceptors (Lipinski definition) is 6. The zero-order valence-corrected chi connectivity index (χ0v) is 16.8. The second kappa shape index (κ2) is 8.57. The fourth-order valence-electron chi connectivity index (χ4n) is 3.65. The number of likely N-dealkylation sites (tertiary alicyclic amines) is 1. The van der Waals surface area contributed by atoms with Crippen molar-refractivity contribution in [3.05, 3.63) is 54.4 Å². The first kappa shape index (κ1) is 19.3. The van der Waals surface area contributed by atoms with Crippen molar-refractivity contribution in [2.45, 2.75) is 45.7 Å². The highest BCUT2D eigenvalue weighted by Gasteiger charge is 2.31. The Morgan fingerprint density at radius 2 is 2.24 bits per heavy atom. The van der Waals surface area contributed by atoms with Gasteiger partial charge in [-0.15, -0.1) is 0 Å². The molecule has 1 aromatic carbocycles. The van der Waals surface area contributed by atoms with Crippen molar-refractivity contribution in [2.75, 3.05) is 11.9 Å². The van der Waals surface area contributed by atoms with Crippen LogP contribution in [0, 0.1) is 5.92 Å². The number of anilines is 1. The fourth-order valence-corrected chi connectivity index (χ4v) is 3.65. The molecule has 1 fully saturated rings. The highest BCUT2D eigenvalue weighted by atomic mass is 16.5. The molecule has 3 heterocycles. The molecule has 8 heteroatoms. The van der Waals surface area contributed by atoms with Crippen LogP contribution in [-0.4, -0.2) is 43.3 Å². The van der Waals surface area contributed by atoms with Gasteiger partial charge in [-0.2, -0.15) is 10.1 Å². The lowest BCUT2D eigenvalue weighted by atomic mass is 10.1. The van der Waals surface area contributed by atoms with Crippen molar-refractivity contribution < 1.29 is 9.32 Å². The molecule has 4 rings (SSSR count). The van der Waals surface area contributed by atoms with Crippen LogP contribution in [0.15, 0.2) is 47.2 Å². The van der Waals surface area contributed by atoms with E-state index in [4.69, 9.17) is 4.52 Å². The third kappa shape index (κ3) is 4.71. The number of amides is 1. The van der Waals surface area contributed by atoms with Gasteiger partial charge >= 0.3 is 0 Å². The third-order valence-corrected chi connectivity index (χ3v) is 4.99. The summed E-state index contributed by atoms with van der Waals surface area (Å²) >= 11 is 0. The Labute approximate surface area is 169 Å². The molecule has 0 saturated carbocycles. The fraction of sp³-hybridized carbons (Fsp3) is 0.429. The van der Waals surface area contributed by atoms with Gasteiger partial charge in [-0.25, -0.2) is 4.68 Å². The Morgan fingerprint density at radius 3 is 3.03 bits per heavy atom. The minimum absolute atomic E-state index is 0.00832. The van der Waals surface area contributed by atoms with Crippen LogP contribution in [0.4, 0.5) is 5.69 Å². The summed E-state index contributed by atoms with van der Waals surface area (Å²) in [5.41, 5.74) is 1.66. The van der Waals surface area contributed by atoms with E-state index in [-0.39, 0.29) is 11.9 Å². The molecule has 1 aliphatic heterocycles. The Hall–Kier alpha value is -3.00. The summed E-state index contributed by atoms with van der Waals surface area (Å²) in [4.78, 5) is 19.5. The van der Waals surface area contributed by atoms with Gasteiger partial charge in [-0.1, -0.05) is 25.1 Å². The average molecular weight is 394 g/mol. The molecule has 152 valence electrons. The number of hydrogen-bond donors (Lipinski definition) is 1. The maximum Gasteiger partial charge on any atom is 0.241 e. The highest BCUT2D eigenvalue weighted by molar-refractivity contribution is 5.95. The Morgan fingerprint density at radius 1 is 1.34 bits per heavy atom. The maximum atomic E-state index is 12.9. The first-order valence-electron chi connectivity index (χ1n) is 10.0. The normalized spacial score (nSPS) is 17.1. The molecule has 8 nitrogen and oxygen atoms in total. The first-order valence-corrected chi connectivity index (χ1v) is 10.0. The Kier molecular flexibility index (Phi) is 5.71. The molecule has 0 aliphatic carbocycles. The minimum atomic E-state index is -0.199. The number of carbonyl (C=O) groups excluding carboxylic acids is 1. The molecule has 1 aliphatic rings. The molecule has 0 unspecified atom stereocenters. The van der Waals surface area contributed by atoms with Gasteiger partial charge in [0.1, 0.15) is 0 Å². The van der Waals surface area contributed by atoms with Crippen LogP contribution in [-0.2, 0) is 17.8 Å². The van der Waals surface area contributed by atoms with Gasteiger partial charge in [-0.05, 0) is 49.6 Å². The van der Waals surface area contributed by atoms with Gasteiger partial charge in [0.25, 0.3) is 0 Å². The topological polar surface area (TPSA) is 89.1 Å². The molecular formula is C21H26N6O2. The second-order valence-electron chi connectivity index (χ2n) is 7.82. The largest absolute Gasteiger partial charge is 0.339 e. The second-order valence-corrected chi connectivity index (χ2v) is 7.82. The molecular weight excluding hydrogens is 368 g/mol. The van der Waals surface area contributed by atoms with Gasteiger partial charge in [0.15, 0.2) is 5.82 Å². The molecule has 0 spiro atoms. The zero-order chi connectivity index (χ0) is 20.2. The van der Waals surface area contributed by atoms with Crippen LogP contribution in [0.3, 0.4) is 0 Å². The van der Waals surface area contributed by atoms with Crippen LogP contribution in [0.25, 0.3) is 5.69 Å². The van der Waals surface area contributed by atoms with E-state index in [0.29, 0.717) is 24.2 Å². The van der Waals surface area contributed by atoms with E-state index < -0.39 is 0 Å². The number of benzene rings is 1. The smallest absolute Gasteiger partial charge is 0.241 e. The molecule has 0 bridgehead atoms. The van der Waals surface area contributed by atoms with Gasteiger partial charge in [0.05, 0.1) is 18.3 Å². The Balaban J connectivity index is 1.40. The maximum absolute atomic E-state index is 12.9. The number of carbonyl (C=O) groups is 1. The van der Waals surface area contributed by atoms with E-state index in [2.05, 4.69) is 39.3 Å². The summed E-state index contributed by atoms with van der Waals surface area (Å²) in [5.74, 6) is 1.75. The minimum Gasteiger partial charge on any atom is -0.339 e. The summed E-state index contributed by atoms with van der Waals surface area (Å²) in [7, 11) is 0. The zero-order valence-electron chi connectivity index (χ0n) is 16.8. The summed E-state index contributed by atoms with van der Waals surface area (Å²) in [6.45, 7) is 5.60. The molecule has 1 amide bonds.